The van der Waals surface area contributed by atoms with Crippen LogP contribution in [0.25, 0.3) is 0 Å². The van der Waals surface area contributed by atoms with E-state index in [0.29, 0.717) is 12.5 Å². The monoisotopic (exact) mass is 282 g/mol. The predicted octanol–water partition coefficient (Wildman–Crippen LogP) is 1.50. The molecule has 1 aromatic carbocycles. The van der Waals surface area contributed by atoms with E-state index < -0.39 is 10.0 Å². The molecule has 19 heavy (non-hydrogen) atoms. The Morgan fingerprint density at radius 1 is 1.16 bits per heavy atom. The van der Waals surface area contributed by atoms with Gasteiger partial charge in [0.2, 0.25) is 10.0 Å². The van der Waals surface area contributed by atoms with Crippen molar-refractivity contribution < 1.29 is 8.42 Å². The van der Waals surface area contributed by atoms with E-state index in [0.717, 1.165) is 37.9 Å². The van der Waals surface area contributed by atoms with Gasteiger partial charge in [-0.25, -0.2) is 13.1 Å². The summed E-state index contributed by atoms with van der Waals surface area (Å²) in [5.74, 6) is 0.791. The van der Waals surface area contributed by atoms with E-state index in [4.69, 9.17) is 0 Å². The minimum atomic E-state index is -3.15. The van der Waals surface area contributed by atoms with Crippen LogP contribution in [0.3, 0.4) is 0 Å². The van der Waals surface area contributed by atoms with Crippen LogP contribution in [0.1, 0.15) is 24.8 Å². The maximum Gasteiger partial charge on any atom is 0.211 e. The standard InChI is InChI=1S/C14H22N2O2S/c17-19(18,11-8-13-6-9-15-10-7-13)16-12-14-4-2-1-3-5-14/h1-5,13,15-16H,6-12H2. The van der Waals surface area contributed by atoms with Crippen molar-refractivity contribution in [3.8, 4) is 0 Å². The first kappa shape index (κ1) is 14.5. The van der Waals surface area contributed by atoms with Crippen molar-refractivity contribution in [1.82, 2.24) is 10.0 Å². The van der Waals surface area contributed by atoms with Crippen LogP contribution >= 0.6 is 0 Å². The van der Waals surface area contributed by atoms with Crippen molar-refractivity contribution in [2.45, 2.75) is 25.8 Å². The molecule has 0 unspecified atom stereocenters. The van der Waals surface area contributed by atoms with Crippen molar-refractivity contribution in [3.63, 3.8) is 0 Å². The lowest BCUT2D eigenvalue weighted by Crippen LogP contribution is -2.31. The van der Waals surface area contributed by atoms with Crippen LogP contribution in [0.4, 0.5) is 0 Å². The molecule has 0 radical (unpaired) electrons. The molecule has 1 aliphatic rings. The SMILES string of the molecule is O=S(=O)(CCC1CCNCC1)NCc1ccccc1. The number of sulfonamides is 1. The van der Waals surface area contributed by atoms with E-state index in [1.807, 2.05) is 30.3 Å². The smallest absolute Gasteiger partial charge is 0.211 e. The van der Waals surface area contributed by atoms with Gasteiger partial charge in [0, 0.05) is 6.54 Å². The molecule has 0 amide bonds. The zero-order valence-corrected chi connectivity index (χ0v) is 12.0. The van der Waals surface area contributed by atoms with Gasteiger partial charge in [0.15, 0.2) is 0 Å². The molecule has 1 saturated heterocycles. The summed E-state index contributed by atoms with van der Waals surface area (Å²) in [6.07, 6.45) is 2.95. The highest BCUT2D eigenvalue weighted by molar-refractivity contribution is 7.89. The second kappa shape index (κ2) is 7.03. The average Bonchev–Trinajstić information content (AvgIpc) is 2.46. The molecule has 5 heteroatoms. The maximum absolute atomic E-state index is 11.9. The lowest BCUT2D eigenvalue weighted by molar-refractivity contribution is 0.365. The molecule has 4 nitrogen and oxygen atoms in total. The summed E-state index contributed by atoms with van der Waals surface area (Å²) in [4.78, 5) is 0. The molecule has 1 fully saturated rings. The van der Waals surface area contributed by atoms with Gasteiger partial charge in [0.05, 0.1) is 5.75 Å². The lowest BCUT2D eigenvalue weighted by Gasteiger charge is -2.22. The van der Waals surface area contributed by atoms with Gasteiger partial charge >= 0.3 is 0 Å². The fraction of sp³-hybridized carbons (Fsp3) is 0.571. The van der Waals surface area contributed by atoms with Crippen LogP contribution in [-0.2, 0) is 16.6 Å². The first-order valence-corrected chi connectivity index (χ1v) is 8.53. The van der Waals surface area contributed by atoms with Gasteiger partial charge in [-0.1, -0.05) is 30.3 Å². The Balaban J connectivity index is 1.75. The average molecular weight is 282 g/mol. The Hall–Kier alpha value is -0.910. The summed E-state index contributed by atoms with van der Waals surface area (Å²) >= 11 is 0. The van der Waals surface area contributed by atoms with Crippen molar-refractivity contribution in [1.29, 1.82) is 0 Å². The summed E-state index contributed by atoms with van der Waals surface area (Å²) in [7, 11) is -3.15. The summed E-state index contributed by atoms with van der Waals surface area (Å²) in [6, 6.07) is 9.61. The van der Waals surface area contributed by atoms with Gasteiger partial charge in [0.25, 0.3) is 0 Å². The van der Waals surface area contributed by atoms with E-state index >= 15 is 0 Å². The Morgan fingerprint density at radius 3 is 2.53 bits per heavy atom. The Bertz CT molecular complexity index is 467. The van der Waals surface area contributed by atoms with E-state index in [-0.39, 0.29) is 5.75 Å². The molecule has 2 N–H and O–H groups in total. The number of piperidine rings is 1. The minimum absolute atomic E-state index is 0.241. The molecular formula is C14H22N2O2S. The predicted molar refractivity (Wildman–Crippen MR) is 77.3 cm³/mol. The third-order valence-corrected chi connectivity index (χ3v) is 4.95. The first-order valence-electron chi connectivity index (χ1n) is 6.88. The van der Waals surface area contributed by atoms with Crippen molar-refractivity contribution in [3.05, 3.63) is 35.9 Å². The molecule has 0 spiro atoms. The number of benzene rings is 1. The van der Waals surface area contributed by atoms with E-state index in [2.05, 4.69) is 10.0 Å². The molecule has 106 valence electrons. The molecule has 0 aromatic heterocycles. The van der Waals surface area contributed by atoms with Crippen LogP contribution in [0, 0.1) is 5.92 Å². The zero-order chi connectivity index (χ0) is 13.6. The lowest BCUT2D eigenvalue weighted by atomic mass is 9.96. The molecular weight excluding hydrogens is 260 g/mol. The highest BCUT2D eigenvalue weighted by atomic mass is 32.2. The van der Waals surface area contributed by atoms with Crippen LogP contribution in [0.15, 0.2) is 30.3 Å². The largest absolute Gasteiger partial charge is 0.317 e. The molecule has 1 aromatic rings. The van der Waals surface area contributed by atoms with Gasteiger partial charge in [-0.05, 0) is 43.8 Å². The minimum Gasteiger partial charge on any atom is -0.317 e. The van der Waals surface area contributed by atoms with Gasteiger partial charge in [-0.3, -0.25) is 0 Å². The summed E-state index contributed by atoms with van der Waals surface area (Å²) < 4.78 is 26.5. The van der Waals surface area contributed by atoms with Crippen LogP contribution in [0.2, 0.25) is 0 Å². The first-order chi connectivity index (χ1) is 9.16. The van der Waals surface area contributed by atoms with Gasteiger partial charge in [-0.2, -0.15) is 0 Å². The topological polar surface area (TPSA) is 58.2 Å². The third-order valence-electron chi connectivity index (χ3n) is 3.59. The molecule has 1 aliphatic heterocycles. The van der Waals surface area contributed by atoms with E-state index in [9.17, 15) is 8.42 Å². The summed E-state index contributed by atoms with van der Waals surface area (Å²) in [5, 5.41) is 3.29. The molecule has 0 saturated carbocycles. The number of hydrogen-bond donors (Lipinski definition) is 2. The molecule has 2 rings (SSSR count). The summed E-state index contributed by atoms with van der Waals surface area (Å²) in [5.41, 5.74) is 0.993. The van der Waals surface area contributed by atoms with Crippen molar-refractivity contribution >= 4 is 10.0 Å². The number of rotatable bonds is 6. The van der Waals surface area contributed by atoms with Gasteiger partial charge in [-0.15, -0.1) is 0 Å². The van der Waals surface area contributed by atoms with Crippen LogP contribution in [0.5, 0.6) is 0 Å². The van der Waals surface area contributed by atoms with Gasteiger partial charge in [0.1, 0.15) is 0 Å². The third kappa shape index (κ3) is 5.30. The summed E-state index contributed by atoms with van der Waals surface area (Å²) in [6.45, 7) is 2.42. The Labute approximate surface area is 115 Å². The second-order valence-electron chi connectivity index (χ2n) is 5.11. The fourth-order valence-corrected chi connectivity index (χ4v) is 3.53. The van der Waals surface area contributed by atoms with Crippen molar-refractivity contribution in [2.75, 3.05) is 18.8 Å². The number of nitrogens with one attached hydrogen (secondary N) is 2. The second-order valence-corrected chi connectivity index (χ2v) is 7.03. The van der Waals surface area contributed by atoms with E-state index in [1.54, 1.807) is 0 Å². The van der Waals surface area contributed by atoms with Crippen LogP contribution in [-0.4, -0.2) is 27.3 Å². The van der Waals surface area contributed by atoms with Gasteiger partial charge < -0.3 is 5.32 Å². The molecule has 1 heterocycles. The quantitative estimate of drug-likeness (QED) is 0.831. The normalized spacial score (nSPS) is 17.5. The van der Waals surface area contributed by atoms with E-state index in [1.165, 1.54) is 0 Å². The maximum atomic E-state index is 11.9. The van der Waals surface area contributed by atoms with Crippen LogP contribution < -0.4 is 10.0 Å². The number of hydrogen-bond acceptors (Lipinski definition) is 3. The molecule has 0 aliphatic carbocycles. The van der Waals surface area contributed by atoms with Crippen molar-refractivity contribution in [2.24, 2.45) is 5.92 Å². The molecule has 0 bridgehead atoms. The fourth-order valence-electron chi connectivity index (χ4n) is 2.35. The Kier molecular flexibility index (Phi) is 5.36. The highest BCUT2D eigenvalue weighted by Crippen LogP contribution is 2.16. The molecule has 0 atom stereocenters. The zero-order valence-electron chi connectivity index (χ0n) is 11.1. The Morgan fingerprint density at radius 2 is 1.84 bits per heavy atom. The highest BCUT2D eigenvalue weighted by Gasteiger charge is 2.17.